The fourth-order valence-electron chi connectivity index (χ4n) is 3.05. The predicted octanol–water partition coefficient (Wildman–Crippen LogP) is 3.81. The molecular formula is C23H30IN5O2. The summed E-state index contributed by atoms with van der Waals surface area (Å²) in [5.41, 5.74) is 3.04. The number of para-hydroxylation sites is 1. The number of rotatable bonds is 9. The van der Waals surface area contributed by atoms with E-state index in [-0.39, 0.29) is 24.0 Å². The van der Waals surface area contributed by atoms with Gasteiger partial charge in [0, 0.05) is 19.3 Å². The van der Waals surface area contributed by atoms with Gasteiger partial charge in [0.15, 0.2) is 5.96 Å². The highest BCUT2D eigenvalue weighted by atomic mass is 127. The summed E-state index contributed by atoms with van der Waals surface area (Å²) in [6.45, 7) is 4.09. The molecule has 3 aromatic rings. The van der Waals surface area contributed by atoms with Gasteiger partial charge in [0.05, 0.1) is 32.1 Å². The summed E-state index contributed by atoms with van der Waals surface area (Å²) in [6.07, 6.45) is 2.79. The van der Waals surface area contributed by atoms with Gasteiger partial charge in [-0.1, -0.05) is 18.2 Å². The maximum atomic E-state index is 5.42. The van der Waals surface area contributed by atoms with Crippen LogP contribution in [-0.2, 0) is 13.0 Å². The molecule has 0 aliphatic heterocycles. The minimum Gasteiger partial charge on any atom is -0.497 e. The van der Waals surface area contributed by atoms with Gasteiger partial charge < -0.3 is 20.1 Å². The molecule has 0 bridgehead atoms. The van der Waals surface area contributed by atoms with Gasteiger partial charge in [-0.25, -0.2) is 9.67 Å². The van der Waals surface area contributed by atoms with Crippen molar-refractivity contribution in [3.63, 3.8) is 0 Å². The van der Waals surface area contributed by atoms with Crippen molar-refractivity contribution in [2.24, 2.45) is 4.99 Å². The van der Waals surface area contributed by atoms with Crippen molar-refractivity contribution in [1.82, 2.24) is 20.4 Å². The first kappa shape index (κ1) is 24.5. The van der Waals surface area contributed by atoms with E-state index in [0.29, 0.717) is 6.54 Å². The Labute approximate surface area is 200 Å². The number of nitrogens with zero attached hydrogens (tertiary/aromatic N) is 3. The molecule has 0 aliphatic carbocycles. The molecular weight excluding hydrogens is 505 g/mol. The predicted molar refractivity (Wildman–Crippen MR) is 135 cm³/mol. The van der Waals surface area contributed by atoms with Crippen molar-refractivity contribution in [1.29, 1.82) is 0 Å². The van der Waals surface area contributed by atoms with Crippen LogP contribution in [0.25, 0.3) is 5.69 Å². The lowest BCUT2D eigenvalue weighted by molar-refractivity contribution is 0.409. The zero-order valence-electron chi connectivity index (χ0n) is 18.2. The van der Waals surface area contributed by atoms with Crippen LogP contribution in [0.5, 0.6) is 11.5 Å². The van der Waals surface area contributed by atoms with Crippen molar-refractivity contribution in [2.75, 3.05) is 27.3 Å². The van der Waals surface area contributed by atoms with E-state index in [9.17, 15) is 0 Å². The lowest BCUT2D eigenvalue weighted by atomic mass is 10.1. The van der Waals surface area contributed by atoms with E-state index < -0.39 is 0 Å². The topological polar surface area (TPSA) is 72.7 Å². The minimum atomic E-state index is 0. The normalized spacial score (nSPS) is 10.9. The Balaban J connectivity index is 0.00000341. The summed E-state index contributed by atoms with van der Waals surface area (Å²) >= 11 is 0. The number of nitrogens with one attached hydrogen (secondary N) is 2. The molecule has 3 rings (SSSR count). The van der Waals surface area contributed by atoms with Crippen molar-refractivity contribution in [3.05, 3.63) is 72.1 Å². The summed E-state index contributed by atoms with van der Waals surface area (Å²) in [6, 6.07) is 17.8. The van der Waals surface area contributed by atoms with Crippen LogP contribution in [0, 0.1) is 0 Å². The third-order valence-electron chi connectivity index (χ3n) is 4.60. The third kappa shape index (κ3) is 7.16. The Morgan fingerprint density at radius 1 is 1.00 bits per heavy atom. The van der Waals surface area contributed by atoms with Gasteiger partial charge in [-0.05, 0) is 55.3 Å². The van der Waals surface area contributed by atoms with Gasteiger partial charge in [-0.2, -0.15) is 5.10 Å². The van der Waals surface area contributed by atoms with Crippen LogP contribution < -0.4 is 20.1 Å². The van der Waals surface area contributed by atoms with E-state index in [1.807, 2.05) is 59.4 Å². The Kier molecular flexibility index (Phi) is 10.2. The van der Waals surface area contributed by atoms with Crippen LogP contribution in [-0.4, -0.2) is 43.0 Å². The van der Waals surface area contributed by atoms with E-state index >= 15 is 0 Å². The molecule has 0 spiro atoms. The van der Waals surface area contributed by atoms with E-state index in [1.165, 1.54) is 5.56 Å². The number of aromatic nitrogens is 2. The highest BCUT2D eigenvalue weighted by molar-refractivity contribution is 14.0. The monoisotopic (exact) mass is 535 g/mol. The number of hydrogen-bond acceptors (Lipinski definition) is 4. The molecule has 0 aliphatic rings. The second kappa shape index (κ2) is 12.8. The van der Waals surface area contributed by atoms with Gasteiger partial charge >= 0.3 is 0 Å². The van der Waals surface area contributed by atoms with Crippen LogP contribution in [0.15, 0.2) is 65.8 Å². The van der Waals surface area contributed by atoms with E-state index in [0.717, 1.165) is 48.4 Å². The maximum absolute atomic E-state index is 5.42. The van der Waals surface area contributed by atoms with Crippen LogP contribution in [0.2, 0.25) is 0 Å². The lowest BCUT2D eigenvalue weighted by Gasteiger charge is -2.12. The number of methoxy groups -OCH3 is 2. The average Bonchev–Trinajstić information content (AvgIpc) is 3.27. The molecule has 31 heavy (non-hydrogen) atoms. The molecule has 2 N–H and O–H groups in total. The summed E-state index contributed by atoms with van der Waals surface area (Å²) in [4.78, 5) is 4.66. The molecule has 0 radical (unpaired) electrons. The molecule has 1 aromatic heterocycles. The first-order valence-corrected chi connectivity index (χ1v) is 10.1. The highest BCUT2D eigenvalue weighted by Crippen LogP contribution is 2.17. The molecule has 8 heteroatoms. The molecule has 0 unspecified atom stereocenters. The number of halogens is 1. The fourth-order valence-corrected chi connectivity index (χ4v) is 3.05. The van der Waals surface area contributed by atoms with Gasteiger partial charge in [0.2, 0.25) is 0 Å². The Morgan fingerprint density at radius 3 is 2.48 bits per heavy atom. The molecule has 0 saturated heterocycles. The standard InChI is InChI=1S/C23H29N5O2.HI/c1-4-24-23(25-15-13-18-7-5-6-8-22(18)30-3)26-17-19-14-16-28(27-19)20-9-11-21(29-2)12-10-20;/h5-12,14,16H,4,13,15,17H2,1-3H3,(H2,24,25,26);1H. The Hall–Kier alpha value is -2.75. The highest BCUT2D eigenvalue weighted by Gasteiger charge is 2.05. The quantitative estimate of drug-likeness (QED) is 0.248. The smallest absolute Gasteiger partial charge is 0.191 e. The van der Waals surface area contributed by atoms with Crippen molar-refractivity contribution in [3.8, 4) is 17.2 Å². The van der Waals surface area contributed by atoms with Gasteiger partial charge in [0.1, 0.15) is 11.5 Å². The van der Waals surface area contributed by atoms with E-state index in [1.54, 1.807) is 14.2 Å². The van der Waals surface area contributed by atoms with Gasteiger partial charge in [-0.15, -0.1) is 24.0 Å². The average molecular weight is 535 g/mol. The zero-order valence-corrected chi connectivity index (χ0v) is 20.5. The van der Waals surface area contributed by atoms with E-state index in [2.05, 4.69) is 33.7 Å². The third-order valence-corrected chi connectivity index (χ3v) is 4.60. The molecule has 0 fully saturated rings. The zero-order chi connectivity index (χ0) is 21.2. The first-order valence-electron chi connectivity index (χ1n) is 10.1. The second-order valence-corrected chi connectivity index (χ2v) is 6.63. The summed E-state index contributed by atoms with van der Waals surface area (Å²) in [7, 11) is 3.36. The van der Waals surface area contributed by atoms with Crippen molar-refractivity contribution in [2.45, 2.75) is 19.9 Å². The van der Waals surface area contributed by atoms with Crippen LogP contribution in [0.1, 0.15) is 18.2 Å². The van der Waals surface area contributed by atoms with Crippen LogP contribution in [0.4, 0.5) is 0 Å². The number of ether oxygens (including phenoxy) is 2. The molecule has 166 valence electrons. The largest absolute Gasteiger partial charge is 0.497 e. The Bertz CT molecular complexity index is 957. The number of aliphatic imine (C=N–C) groups is 1. The number of hydrogen-bond donors (Lipinski definition) is 2. The maximum Gasteiger partial charge on any atom is 0.191 e. The minimum absolute atomic E-state index is 0. The van der Waals surface area contributed by atoms with Crippen molar-refractivity contribution >= 4 is 29.9 Å². The number of benzene rings is 2. The summed E-state index contributed by atoms with van der Waals surface area (Å²) < 4.78 is 12.5. The molecule has 0 amide bonds. The van der Waals surface area contributed by atoms with Crippen molar-refractivity contribution < 1.29 is 9.47 Å². The van der Waals surface area contributed by atoms with E-state index in [4.69, 9.17) is 9.47 Å². The summed E-state index contributed by atoms with van der Waals surface area (Å²) in [5, 5.41) is 11.3. The van der Waals surface area contributed by atoms with Crippen LogP contribution >= 0.6 is 24.0 Å². The fraction of sp³-hybridized carbons (Fsp3) is 0.304. The first-order chi connectivity index (χ1) is 14.7. The SMILES string of the molecule is CCNC(=NCc1ccn(-c2ccc(OC)cc2)n1)NCCc1ccccc1OC.I. The van der Waals surface area contributed by atoms with Gasteiger partial charge in [0.25, 0.3) is 0 Å². The number of guanidine groups is 1. The van der Waals surface area contributed by atoms with Crippen LogP contribution in [0.3, 0.4) is 0 Å². The second-order valence-electron chi connectivity index (χ2n) is 6.63. The molecule has 0 saturated carbocycles. The molecule has 2 aromatic carbocycles. The Morgan fingerprint density at radius 2 is 1.77 bits per heavy atom. The molecule has 0 atom stereocenters. The molecule has 1 heterocycles. The summed E-state index contributed by atoms with van der Waals surface area (Å²) in [5.74, 6) is 2.50. The van der Waals surface area contributed by atoms with Gasteiger partial charge in [-0.3, -0.25) is 0 Å². The lowest BCUT2D eigenvalue weighted by Crippen LogP contribution is -2.38. The molecule has 7 nitrogen and oxygen atoms in total.